The minimum Gasteiger partial charge on any atom is -0.494 e. The Labute approximate surface area is 163 Å². The van der Waals surface area contributed by atoms with Gasteiger partial charge in [0.1, 0.15) is 11.4 Å². The molecule has 0 spiro atoms. The Morgan fingerprint density at radius 3 is 2.33 bits per heavy atom. The Balaban J connectivity index is 2.33. The molecule has 0 saturated carbocycles. The first-order chi connectivity index (χ1) is 12.7. The second-order valence-corrected chi connectivity index (χ2v) is 7.19. The second-order valence-electron chi connectivity index (χ2n) is 7.19. The maximum absolute atomic E-state index is 11.6. The normalized spacial score (nSPS) is 11.7. The molecular formula is C20H34N4O3. The van der Waals surface area contributed by atoms with Gasteiger partial charge in [-0.25, -0.2) is 4.79 Å². The maximum Gasteiger partial charge on any atom is 0.407 e. The third-order valence-electron chi connectivity index (χ3n) is 3.53. The summed E-state index contributed by atoms with van der Waals surface area (Å²) >= 11 is 0. The second kappa shape index (κ2) is 11.3. The van der Waals surface area contributed by atoms with Gasteiger partial charge in [0.05, 0.1) is 6.61 Å². The number of benzene rings is 1. The van der Waals surface area contributed by atoms with Crippen molar-refractivity contribution in [3.05, 3.63) is 29.8 Å². The summed E-state index contributed by atoms with van der Waals surface area (Å²) in [6.45, 7) is 10.2. The van der Waals surface area contributed by atoms with Crippen molar-refractivity contribution in [1.82, 2.24) is 15.5 Å². The monoisotopic (exact) mass is 378 g/mol. The molecule has 0 bridgehead atoms. The van der Waals surface area contributed by atoms with Gasteiger partial charge in [-0.3, -0.25) is 4.99 Å². The molecule has 0 heterocycles. The molecule has 2 N–H and O–H groups in total. The number of ether oxygens (including phenoxy) is 2. The Hall–Kier alpha value is -2.44. The Bertz CT molecular complexity index is 594. The summed E-state index contributed by atoms with van der Waals surface area (Å²) < 4.78 is 10.7. The standard InChI is InChI=1S/C20H34N4O3/c1-7-26-17-11-9-16(10-12-17)15-24(6)18(21-5)22-13-8-14-23-19(25)27-20(2,3)4/h9-12H,7-8,13-15H2,1-6H3,(H,21,22)(H,23,25). The lowest BCUT2D eigenvalue weighted by molar-refractivity contribution is 0.0527. The molecule has 0 atom stereocenters. The quantitative estimate of drug-likeness (QED) is 0.413. The number of nitrogens with one attached hydrogen (secondary N) is 2. The lowest BCUT2D eigenvalue weighted by atomic mass is 10.2. The van der Waals surface area contributed by atoms with Gasteiger partial charge in [0.25, 0.3) is 0 Å². The highest BCUT2D eigenvalue weighted by Crippen LogP contribution is 2.13. The SMILES string of the molecule is CCOc1ccc(CN(C)C(=NC)NCCCNC(=O)OC(C)(C)C)cc1. The van der Waals surface area contributed by atoms with E-state index in [4.69, 9.17) is 9.47 Å². The number of guanidine groups is 1. The molecule has 7 heteroatoms. The van der Waals surface area contributed by atoms with E-state index >= 15 is 0 Å². The summed E-state index contributed by atoms with van der Waals surface area (Å²) in [7, 11) is 3.75. The van der Waals surface area contributed by atoms with Crippen LogP contribution in [0.3, 0.4) is 0 Å². The number of alkyl carbamates (subject to hydrolysis) is 1. The fourth-order valence-electron chi connectivity index (χ4n) is 2.38. The number of carbonyl (C=O) groups is 1. The zero-order valence-electron chi connectivity index (χ0n) is 17.5. The van der Waals surface area contributed by atoms with Gasteiger partial charge in [0.15, 0.2) is 5.96 Å². The van der Waals surface area contributed by atoms with E-state index in [-0.39, 0.29) is 6.09 Å². The topological polar surface area (TPSA) is 75.2 Å². The summed E-state index contributed by atoms with van der Waals surface area (Å²) in [6, 6.07) is 8.06. The van der Waals surface area contributed by atoms with Crippen LogP contribution in [0.5, 0.6) is 5.75 Å². The van der Waals surface area contributed by atoms with E-state index in [1.165, 1.54) is 5.56 Å². The van der Waals surface area contributed by atoms with Crippen molar-refractivity contribution in [2.45, 2.75) is 46.3 Å². The van der Waals surface area contributed by atoms with Crippen LogP contribution in [0.1, 0.15) is 39.7 Å². The number of hydrogen-bond acceptors (Lipinski definition) is 4. The van der Waals surface area contributed by atoms with Crippen LogP contribution >= 0.6 is 0 Å². The fraction of sp³-hybridized carbons (Fsp3) is 0.600. The molecule has 0 fully saturated rings. The molecule has 1 aromatic carbocycles. The number of hydrogen-bond donors (Lipinski definition) is 2. The van der Waals surface area contributed by atoms with Gasteiger partial charge in [-0.05, 0) is 51.8 Å². The average molecular weight is 379 g/mol. The van der Waals surface area contributed by atoms with Gasteiger partial charge >= 0.3 is 6.09 Å². The molecule has 0 aliphatic heterocycles. The summed E-state index contributed by atoms with van der Waals surface area (Å²) in [5, 5.41) is 6.05. The van der Waals surface area contributed by atoms with Crippen molar-refractivity contribution in [1.29, 1.82) is 0 Å². The van der Waals surface area contributed by atoms with Gasteiger partial charge in [-0.15, -0.1) is 0 Å². The van der Waals surface area contributed by atoms with Gasteiger partial charge in [-0.1, -0.05) is 12.1 Å². The molecule has 1 amide bonds. The van der Waals surface area contributed by atoms with Crippen molar-refractivity contribution < 1.29 is 14.3 Å². The van der Waals surface area contributed by atoms with Crippen LogP contribution in [0.2, 0.25) is 0 Å². The number of nitrogens with zero attached hydrogens (tertiary/aromatic N) is 2. The van der Waals surface area contributed by atoms with E-state index < -0.39 is 5.60 Å². The summed E-state index contributed by atoms with van der Waals surface area (Å²) in [4.78, 5) is 18.0. The Kier molecular flexibility index (Phi) is 9.47. The number of amides is 1. The highest BCUT2D eigenvalue weighted by molar-refractivity contribution is 5.79. The fourth-order valence-corrected chi connectivity index (χ4v) is 2.38. The van der Waals surface area contributed by atoms with Crippen LogP contribution in [0.25, 0.3) is 0 Å². The molecule has 0 aliphatic rings. The van der Waals surface area contributed by atoms with Crippen molar-refractivity contribution in [2.75, 3.05) is 33.8 Å². The molecule has 0 aromatic heterocycles. The number of aliphatic imine (C=N–C) groups is 1. The van der Waals surface area contributed by atoms with Gasteiger partial charge in [0.2, 0.25) is 0 Å². The molecule has 0 aliphatic carbocycles. The van der Waals surface area contributed by atoms with E-state index in [1.807, 2.05) is 46.9 Å². The lowest BCUT2D eigenvalue weighted by Gasteiger charge is -2.22. The van der Waals surface area contributed by atoms with Crippen molar-refractivity contribution >= 4 is 12.1 Å². The molecule has 1 rings (SSSR count). The van der Waals surface area contributed by atoms with Crippen molar-refractivity contribution in [3.8, 4) is 5.75 Å². The summed E-state index contributed by atoms with van der Waals surface area (Å²) in [5.74, 6) is 1.69. The van der Waals surface area contributed by atoms with E-state index in [0.29, 0.717) is 19.7 Å². The van der Waals surface area contributed by atoms with Gasteiger partial charge in [-0.2, -0.15) is 0 Å². The highest BCUT2D eigenvalue weighted by atomic mass is 16.6. The zero-order chi connectivity index (χ0) is 20.3. The maximum atomic E-state index is 11.6. The Morgan fingerprint density at radius 2 is 1.78 bits per heavy atom. The molecule has 1 aromatic rings. The van der Waals surface area contributed by atoms with Gasteiger partial charge in [0, 0.05) is 33.7 Å². The third-order valence-corrected chi connectivity index (χ3v) is 3.53. The van der Waals surface area contributed by atoms with Crippen LogP contribution in [-0.4, -0.2) is 56.3 Å². The van der Waals surface area contributed by atoms with Crippen LogP contribution in [-0.2, 0) is 11.3 Å². The Morgan fingerprint density at radius 1 is 1.15 bits per heavy atom. The minimum absolute atomic E-state index is 0.389. The van der Waals surface area contributed by atoms with Crippen LogP contribution in [0.4, 0.5) is 4.79 Å². The van der Waals surface area contributed by atoms with Gasteiger partial charge < -0.3 is 25.0 Å². The van der Waals surface area contributed by atoms with E-state index in [0.717, 1.165) is 24.7 Å². The first kappa shape index (κ1) is 22.6. The van der Waals surface area contributed by atoms with E-state index in [1.54, 1.807) is 7.05 Å². The minimum atomic E-state index is -0.478. The van der Waals surface area contributed by atoms with Crippen molar-refractivity contribution in [3.63, 3.8) is 0 Å². The average Bonchev–Trinajstić information content (AvgIpc) is 2.58. The molecule has 7 nitrogen and oxygen atoms in total. The highest BCUT2D eigenvalue weighted by Gasteiger charge is 2.15. The third kappa shape index (κ3) is 9.72. The zero-order valence-corrected chi connectivity index (χ0v) is 17.5. The first-order valence-corrected chi connectivity index (χ1v) is 9.35. The number of rotatable bonds is 8. The first-order valence-electron chi connectivity index (χ1n) is 9.35. The molecule has 152 valence electrons. The van der Waals surface area contributed by atoms with E-state index in [9.17, 15) is 4.79 Å². The smallest absolute Gasteiger partial charge is 0.407 e. The van der Waals surface area contributed by atoms with Crippen LogP contribution in [0.15, 0.2) is 29.3 Å². The van der Waals surface area contributed by atoms with Crippen molar-refractivity contribution in [2.24, 2.45) is 4.99 Å². The summed E-state index contributed by atoms with van der Waals surface area (Å²) in [6.07, 6.45) is 0.384. The van der Waals surface area contributed by atoms with Crippen LogP contribution < -0.4 is 15.4 Å². The lowest BCUT2D eigenvalue weighted by Crippen LogP contribution is -2.40. The molecular weight excluding hydrogens is 344 g/mol. The predicted octanol–water partition coefficient (Wildman–Crippen LogP) is 3.01. The molecule has 0 saturated heterocycles. The molecule has 0 radical (unpaired) electrons. The largest absolute Gasteiger partial charge is 0.494 e. The number of carbonyl (C=O) groups excluding carboxylic acids is 1. The molecule has 0 unspecified atom stereocenters. The molecule has 27 heavy (non-hydrogen) atoms. The van der Waals surface area contributed by atoms with Crippen LogP contribution in [0, 0.1) is 0 Å². The summed E-state index contributed by atoms with van der Waals surface area (Å²) in [5.41, 5.74) is 0.698. The van der Waals surface area contributed by atoms with E-state index in [2.05, 4.69) is 32.7 Å². The predicted molar refractivity (Wildman–Crippen MR) is 109 cm³/mol.